The smallest absolute Gasteiger partial charge is 0.135 e. The van der Waals surface area contributed by atoms with Crippen molar-refractivity contribution in [2.45, 2.75) is 70.3 Å². The summed E-state index contributed by atoms with van der Waals surface area (Å²) in [7, 11) is 0. The third kappa shape index (κ3) is 5.10. The first-order valence-electron chi connectivity index (χ1n) is 18.0. The molecule has 11 rings (SSSR count). The van der Waals surface area contributed by atoms with Gasteiger partial charge in [0.25, 0.3) is 0 Å². The minimum atomic E-state index is 0. The number of anilines is 3. The number of nitrogens with zero attached hydrogens (tertiary/aromatic N) is 4. The summed E-state index contributed by atoms with van der Waals surface area (Å²) in [6.45, 7) is 9.07. The molecule has 50 heavy (non-hydrogen) atoms. The van der Waals surface area contributed by atoms with Crippen LogP contribution in [0, 0.1) is 36.6 Å². The molecule has 0 unspecified atom stereocenters. The molecule has 2 aromatic heterocycles. The van der Waals surface area contributed by atoms with E-state index in [0.717, 1.165) is 45.7 Å². The van der Waals surface area contributed by atoms with Crippen molar-refractivity contribution in [3.05, 3.63) is 122 Å². The summed E-state index contributed by atoms with van der Waals surface area (Å²) in [5, 5.41) is 2.29. The summed E-state index contributed by atoms with van der Waals surface area (Å²) in [6.07, 6.45) is 10.2. The Hall–Kier alpha value is -4.08. The van der Waals surface area contributed by atoms with Gasteiger partial charge < -0.3 is 19.1 Å². The van der Waals surface area contributed by atoms with Crippen LogP contribution in [0.1, 0.15) is 64.9 Å². The second-order valence-electron chi connectivity index (χ2n) is 16.1. The van der Waals surface area contributed by atoms with Crippen molar-refractivity contribution in [1.29, 1.82) is 0 Å². The van der Waals surface area contributed by atoms with Gasteiger partial charge in [-0.05, 0) is 103 Å². The minimum absolute atomic E-state index is 0. The molecule has 0 saturated heterocycles. The quantitative estimate of drug-likeness (QED) is 0.162. The number of hydrogen-bond donors (Lipinski definition) is 0. The summed E-state index contributed by atoms with van der Waals surface area (Å²) < 4.78 is 8.78. The Morgan fingerprint density at radius 2 is 1.46 bits per heavy atom. The average Bonchev–Trinajstić information content (AvgIpc) is 3.64. The predicted octanol–water partition coefficient (Wildman–Crippen LogP) is 10.9. The van der Waals surface area contributed by atoms with Gasteiger partial charge in [-0.25, -0.2) is 4.98 Å². The van der Waals surface area contributed by atoms with Crippen molar-refractivity contribution >= 4 is 38.9 Å². The first-order valence-corrected chi connectivity index (χ1v) is 18.0. The third-order valence-corrected chi connectivity index (χ3v) is 11.8. The predicted molar refractivity (Wildman–Crippen MR) is 198 cm³/mol. The van der Waals surface area contributed by atoms with Gasteiger partial charge in [0.2, 0.25) is 0 Å². The van der Waals surface area contributed by atoms with E-state index in [2.05, 4.69) is 133 Å². The summed E-state index contributed by atoms with van der Waals surface area (Å²) in [6, 6.07) is 39.3. The van der Waals surface area contributed by atoms with Crippen molar-refractivity contribution < 1.29 is 25.8 Å². The largest absolute Gasteiger partial charge is 0.509 e. The summed E-state index contributed by atoms with van der Waals surface area (Å²) in [4.78, 5) is 9.80. The molecule has 1 aliphatic heterocycles. The molecule has 0 atom stereocenters. The second kappa shape index (κ2) is 11.7. The summed E-state index contributed by atoms with van der Waals surface area (Å²) in [5.41, 5.74) is 7.05. The van der Waals surface area contributed by atoms with Gasteiger partial charge in [-0.3, -0.25) is 0 Å². The SMILES string of the molecule is CC(C)(C)c1ccnc(-n2c3[c-]c(Oc4[c-]c(N5[CH-]N(C67CC8CC(CC(C8)C6)C7)c6ccccc65)ccc4)ccc3c3ccccc32)c1.[Pt]. The topological polar surface area (TPSA) is 33.5 Å². The Balaban J connectivity index is 0.00000336. The number of para-hydroxylation sites is 3. The van der Waals surface area contributed by atoms with E-state index in [1.165, 1.54) is 60.8 Å². The molecule has 0 spiro atoms. The molecule has 256 valence electrons. The van der Waals surface area contributed by atoms with E-state index in [0.29, 0.717) is 11.5 Å². The van der Waals surface area contributed by atoms with Crippen molar-refractivity contribution in [2.24, 2.45) is 17.8 Å². The molecule has 4 aromatic carbocycles. The molecule has 4 aliphatic carbocycles. The number of aromatic nitrogens is 2. The maximum absolute atomic E-state index is 6.57. The van der Waals surface area contributed by atoms with Gasteiger partial charge in [0.1, 0.15) is 5.82 Å². The van der Waals surface area contributed by atoms with E-state index in [9.17, 15) is 0 Å². The first-order chi connectivity index (χ1) is 23.8. The molecular formula is C44H41N4OPt-3. The molecule has 4 bridgehead atoms. The fraction of sp³-hybridized carbons (Fsp3) is 0.318. The average molecular weight is 837 g/mol. The third-order valence-electron chi connectivity index (χ3n) is 11.8. The Kier molecular flexibility index (Phi) is 7.48. The van der Waals surface area contributed by atoms with E-state index in [1.807, 2.05) is 18.3 Å². The van der Waals surface area contributed by atoms with Crippen LogP contribution >= 0.6 is 0 Å². The molecule has 3 heterocycles. The van der Waals surface area contributed by atoms with Crippen molar-refractivity contribution in [1.82, 2.24) is 9.55 Å². The Morgan fingerprint density at radius 1 is 0.760 bits per heavy atom. The van der Waals surface area contributed by atoms with Gasteiger partial charge in [0.15, 0.2) is 0 Å². The van der Waals surface area contributed by atoms with Crippen LogP contribution in [-0.2, 0) is 26.5 Å². The molecule has 0 radical (unpaired) electrons. The number of ether oxygens (including phenoxy) is 1. The van der Waals surface area contributed by atoms with Gasteiger partial charge >= 0.3 is 0 Å². The van der Waals surface area contributed by atoms with E-state index in [4.69, 9.17) is 9.72 Å². The molecule has 5 aliphatic rings. The van der Waals surface area contributed by atoms with Crippen molar-refractivity contribution in [3.63, 3.8) is 0 Å². The van der Waals surface area contributed by atoms with E-state index in [1.54, 1.807) is 0 Å². The zero-order valence-corrected chi connectivity index (χ0v) is 31.1. The number of fused-ring (bicyclic) bond motifs is 4. The Morgan fingerprint density at radius 3 is 2.22 bits per heavy atom. The standard InChI is InChI=1S/C44H41N4O.Pt/c1-43(2,3)32-17-18-45-42(22-32)48-38-12-5-4-11-36(38)37-16-15-35(24-41(37)48)49-34-10-8-9-33(23-34)46-28-47(40-14-7-6-13-39(40)46)44-25-29-19-30(26-44)21-31(20-29)27-44;/h4-18,22,28-31H,19-21,25-27H2,1-3H3;/q-3;. The van der Waals surface area contributed by atoms with Crippen LogP contribution in [0.5, 0.6) is 11.5 Å². The van der Waals surface area contributed by atoms with Crippen molar-refractivity contribution in [3.8, 4) is 17.3 Å². The minimum Gasteiger partial charge on any atom is -0.509 e. The Labute approximate surface area is 309 Å². The van der Waals surface area contributed by atoms with Crippen molar-refractivity contribution in [2.75, 3.05) is 9.80 Å². The van der Waals surface area contributed by atoms with E-state index in [-0.39, 0.29) is 32.0 Å². The molecule has 4 fully saturated rings. The van der Waals surface area contributed by atoms with Crippen LogP contribution in [0.3, 0.4) is 0 Å². The van der Waals surface area contributed by atoms with Crippen LogP contribution in [0.15, 0.2) is 97.2 Å². The van der Waals surface area contributed by atoms with Crippen LogP contribution in [0.2, 0.25) is 0 Å². The van der Waals surface area contributed by atoms with Crippen LogP contribution < -0.4 is 14.5 Å². The number of pyridine rings is 1. The summed E-state index contributed by atoms with van der Waals surface area (Å²) >= 11 is 0. The van der Waals surface area contributed by atoms with Gasteiger partial charge in [-0.1, -0.05) is 56.6 Å². The fourth-order valence-electron chi connectivity index (χ4n) is 9.98. The number of rotatable bonds is 5. The van der Waals surface area contributed by atoms with Gasteiger partial charge in [0.05, 0.1) is 0 Å². The monoisotopic (exact) mass is 836 g/mol. The number of hydrogen-bond acceptors (Lipinski definition) is 4. The zero-order valence-electron chi connectivity index (χ0n) is 28.8. The molecule has 6 heteroatoms. The summed E-state index contributed by atoms with van der Waals surface area (Å²) in [5.74, 6) is 4.85. The molecule has 0 amide bonds. The Bertz CT molecular complexity index is 2210. The molecule has 4 saturated carbocycles. The maximum Gasteiger partial charge on any atom is 0.135 e. The molecule has 0 N–H and O–H groups in total. The first kappa shape index (κ1) is 31.9. The molecular weight excluding hydrogens is 796 g/mol. The van der Waals surface area contributed by atoms with Gasteiger partial charge in [-0.15, -0.1) is 41.4 Å². The number of benzene rings is 4. The van der Waals surface area contributed by atoms with Gasteiger partial charge in [0, 0.05) is 61.2 Å². The fourth-order valence-corrected chi connectivity index (χ4v) is 9.98. The van der Waals surface area contributed by atoms with Crippen LogP contribution in [-0.4, -0.2) is 15.1 Å². The maximum atomic E-state index is 6.57. The van der Waals surface area contributed by atoms with E-state index >= 15 is 0 Å². The van der Waals surface area contributed by atoms with E-state index < -0.39 is 0 Å². The van der Waals surface area contributed by atoms with Crippen LogP contribution in [0.25, 0.3) is 27.6 Å². The zero-order chi connectivity index (χ0) is 32.9. The normalized spacial score (nSPS) is 23.8. The van der Waals surface area contributed by atoms with Gasteiger partial charge in [-0.2, -0.15) is 18.8 Å². The van der Waals surface area contributed by atoms with Crippen LogP contribution in [0.4, 0.5) is 17.1 Å². The second-order valence-corrected chi connectivity index (χ2v) is 16.1. The molecule has 6 aromatic rings. The molecule has 5 nitrogen and oxygen atoms in total.